The highest BCUT2D eigenvalue weighted by Gasteiger charge is 2.10. The molecule has 0 heterocycles. The maximum absolute atomic E-state index is 11.5. The fourth-order valence-corrected chi connectivity index (χ4v) is 1.28. The number of amides is 2. The van der Waals surface area contributed by atoms with E-state index in [1.807, 2.05) is 32.8 Å². The molecule has 0 rings (SSSR count). The maximum atomic E-state index is 11.5. The van der Waals surface area contributed by atoms with Gasteiger partial charge in [-0.2, -0.15) is 0 Å². The fourth-order valence-electron chi connectivity index (χ4n) is 1.28. The maximum Gasteiger partial charge on any atom is 0.241 e. The zero-order valence-corrected chi connectivity index (χ0v) is 10.7. The molecule has 0 saturated heterocycles. The van der Waals surface area contributed by atoms with Gasteiger partial charge in [-0.3, -0.25) is 9.59 Å². The van der Waals surface area contributed by atoms with Crippen molar-refractivity contribution in [2.75, 3.05) is 40.3 Å². The fraction of sp³-hybridized carbons (Fsp3) is 0.818. The summed E-state index contributed by atoms with van der Waals surface area (Å²) >= 11 is 0. The zero-order chi connectivity index (χ0) is 12.6. The average molecular weight is 229 g/mol. The topological polar surface area (TPSA) is 52.7 Å². The lowest BCUT2D eigenvalue weighted by molar-refractivity contribution is -0.132. The van der Waals surface area contributed by atoms with Gasteiger partial charge in [-0.1, -0.05) is 0 Å². The third-order valence-electron chi connectivity index (χ3n) is 2.34. The number of nitrogens with zero attached hydrogens (tertiary/aromatic N) is 2. The molecule has 94 valence electrons. The molecule has 16 heavy (non-hydrogen) atoms. The molecule has 0 spiro atoms. The molecule has 1 N–H and O–H groups in total. The van der Waals surface area contributed by atoms with Crippen LogP contribution in [-0.4, -0.2) is 61.9 Å². The van der Waals surface area contributed by atoms with Gasteiger partial charge in [0.2, 0.25) is 11.8 Å². The lowest BCUT2D eigenvalue weighted by atomic mass is 10.3. The van der Waals surface area contributed by atoms with E-state index >= 15 is 0 Å². The van der Waals surface area contributed by atoms with Gasteiger partial charge < -0.3 is 15.1 Å². The van der Waals surface area contributed by atoms with Crippen molar-refractivity contribution in [3.8, 4) is 0 Å². The predicted octanol–water partition coefficient (Wildman–Crippen LogP) is -0.0773. The standard InChI is InChI=1S/C11H23N3O2/c1-5-14(6-2)11(16)9-12-10(15)7-8-13(3)4/h5-9H2,1-4H3,(H,12,15). The minimum atomic E-state index is -0.0748. The molecule has 0 radical (unpaired) electrons. The Labute approximate surface area is 97.8 Å². The summed E-state index contributed by atoms with van der Waals surface area (Å²) in [6, 6.07) is 0. The molecule has 0 saturated carbocycles. The van der Waals surface area contributed by atoms with Crippen molar-refractivity contribution in [1.82, 2.24) is 15.1 Å². The van der Waals surface area contributed by atoms with Gasteiger partial charge in [0.1, 0.15) is 0 Å². The van der Waals surface area contributed by atoms with Crippen molar-refractivity contribution in [2.45, 2.75) is 20.3 Å². The molecule has 5 nitrogen and oxygen atoms in total. The molecule has 0 aromatic heterocycles. The third-order valence-corrected chi connectivity index (χ3v) is 2.34. The molecule has 2 amide bonds. The Balaban J connectivity index is 3.78. The summed E-state index contributed by atoms with van der Waals surface area (Å²) in [5.74, 6) is -0.0996. The number of rotatable bonds is 7. The summed E-state index contributed by atoms with van der Waals surface area (Å²) in [6.07, 6.45) is 0.429. The van der Waals surface area contributed by atoms with Gasteiger partial charge in [0.05, 0.1) is 6.54 Å². The second-order valence-corrected chi connectivity index (χ2v) is 3.90. The number of hydrogen-bond donors (Lipinski definition) is 1. The van der Waals surface area contributed by atoms with Crippen molar-refractivity contribution < 1.29 is 9.59 Å². The van der Waals surface area contributed by atoms with Crippen molar-refractivity contribution in [3.63, 3.8) is 0 Å². The molecule has 0 bridgehead atoms. The number of likely N-dealkylation sites (N-methyl/N-ethyl adjacent to an activating group) is 1. The zero-order valence-electron chi connectivity index (χ0n) is 10.7. The summed E-state index contributed by atoms with van der Waals surface area (Å²) in [6.45, 7) is 6.02. The Morgan fingerprint density at radius 3 is 2.12 bits per heavy atom. The van der Waals surface area contributed by atoms with Gasteiger partial charge in [-0.05, 0) is 27.9 Å². The van der Waals surface area contributed by atoms with Crippen molar-refractivity contribution in [1.29, 1.82) is 0 Å². The van der Waals surface area contributed by atoms with Gasteiger partial charge in [0.25, 0.3) is 0 Å². The summed E-state index contributed by atoms with van der Waals surface area (Å²) < 4.78 is 0. The first-order valence-corrected chi connectivity index (χ1v) is 5.70. The summed E-state index contributed by atoms with van der Waals surface area (Å²) in [5, 5.41) is 2.63. The largest absolute Gasteiger partial charge is 0.347 e. The van der Waals surface area contributed by atoms with Gasteiger partial charge in [0, 0.05) is 26.1 Å². The monoisotopic (exact) mass is 229 g/mol. The van der Waals surface area contributed by atoms with E-state index in [0.717, 1.165) is 0 Å². The molecule has 0 unspecified atom stereocenters. The molecule has 5 heteroatoms. The van der Waals surface area contributed by atoms with Crippen LogP contribution in [0.25, 0.3) is 0 Å². The summed E-state index contributed by atoms with van der Waals surface area (Å²) in [7, 11) is 3.82. The Morgan fingerprint density at radius 1 is 1.12 bits per heavy atom. The number of nitrogens with one attached hydrogen (secondary N) is 1. The van der Waals surface area contributed by atoms with E-state index in [2.05, 4.69) is 5.32 Å². The summed E-state index contributed by atoms with van der Waals surface area (Å²) in [5.41, 5.74) is 0. The lowest BCUT2D eigenvalue weighted by Crippen LogP contribution is -2.40. The molecule has 0 aliphatic rings. The van der Waals surface area contributed by atoms with Crippen LogP contribution in [0.15, 0.2) is 0 Å². The minimum absolute atomic E-state index is 0.0248. The molecule has 0 aliphatic carbocycles. The van der Waals surface area contributed by atoms with E-state index in [9.17, 15) is 9.59 Å². The predicted molar refractivity (Wildman–Crippen MR) is 64.1 cm³/mol. The highest BCUT2D eigenvalue weighted by Crippen LogP contribution is 1.88. The molecule has 0 aliphatic heterocycles. The van der Waals surface area contributed by atoms with Crippen LogP contribution in [0.5, 0.6) is 0 Å². The van der Waals surface area contributed by atoms with E-state index in [4.69, 9.17) is 0 Å². The van der Waals surface area contributed by atoms with Crippen LogP contribution in [0.1, 0.15) is 20.3 Å². The Kier molecular flexibility index (Phi) is 7.54. The Bertz CT molecular complexity index is 225. The van der Waals surface area contributed by atoms with Gasteiger partial charge in [-0.25, -0.2) is 0 Å². The number of hydrogen-bond acceptors (Lipinski definition) is 3. The van der Waals surface area contributed by atoms with E-state index in [1.54, 1.807) is 4.90 Å². The second kappa shape index (κ2) is 8.10. The normalized spacial score (nSPS) is 10.3. The lowest BCUT2D eigenvalue weighted by Gasteiger charge is -2.18. The first-order valence-electron chi connectivity index (χ1n) is 5.70. The average Bonchev–Trinajstić information content (AvgIpc) is 2.25. The SMILES string of the molecule is CCN(CC)C(=O)CNC(=O)CCN(C)C. The molecule has 0 fully saturated rings. The van der Waals surface area contributed by atoms with Crippen LogP contribution in [0, 0.1) is 0 Å². The van der Waals surface area contributed by atoms with Crippen LogP contribution >= 0.6 is 0 Å². The number of carbonyl (C=O) groups excluding carboxylic acids is 2. The van der Waals surface area contributed by atoms with Crippen LogP contribution in [-0.2, 0) is 9.59 Å². The van der Waals surface area contributed by atoms with E-state index in [-0.39, 0.29) is 18.4 Å². The van der Waals surface area contributed by atoms with E-state index in [1.165, 1.54) is 0 Å². The third kappa shape index (κ3) is 6.40. The van der Waals surface area contributed by atoms with Gasteiger partial charge >= 0.3 is 0 Å². The highest BCUT2D eigenvalue weighted by atomic mass is 16.2. The Hall–Kier alpha value is -1.10. The quantitative estimate of drug-likeness (QED) is 0.664. The van der Waals surface area contributed by atoms with Crippen LogP contribution in [0.3, 0.4) is 0 Å². The van der Waals surface area contributed by atoms with Crippen molar-refractivity contribution in [3.05, 3.63) is 0 Å². The van der Waals surface area contributed by atoms with Crippen LogP contribution in [0.2, 0.25) is 0 Å². The minimum Gasteiger partial charge on any atom is -0.347 e. The molecule has 0 atom stereocenters. The smallest absolute Gasteiger partial charge is 0.241 e. The Morgan fingerprint density at radius 2 is 1.69 bits per heavy atom. The van der Waals surface area contributed by atoms with Crippen LogP contribution < -0.4 is 5.32 Å². The van der Waals surface area contributed by atoms with E-state index < -0.39 is 0 Å². The first kappa shape index (κ1) is 14.9. The van der Waals surface area contributed by atoms with Gasteiger partial charge in [-0.15, -0.1) is 0 Å². The highest BCUT2D eigenvalue weighted by molar-refractivity contribution is 5.84. The first-order chi connectivity index (χ1) is 7.51. The molecule has 0 aromatic rings. The van der Waals surface area contributed by atoms with Crippen LogP contribution in [0.4, 0.5) is 0 Å². The molecule has 0 aromatic carbocycles. The van der Waals surface area contributed by atoms with Gasteiger partial charge in [0.15, 0.2) is 0 Å². The summed E-state index contributed by atoms with van der Waals surface area (Å²) in [4.78, 5) is 26.5. The second-order valence-electron chi connectivity index (χ2n) is 3.90. The molecular formula is C11H23N3O2. The van der Waals surface area contributed by atoms with Crippen molar-refractivity contribution >= 4 is 11.8 Å². The molecular weight excluding hydrogens is 206 g/mol. The number of carbonyl (C=O) groups is 2. The van der Waals surface area contributed by atoms with Crippen molar-refractivity contribution in [2.24, 2.45) is 0 Å². The van der Waals surface area contributed by atoms with E-state index in [0.29, 0.717) is 26.1 Å².